The van der Waals surface area contributed by atoms with Gasteiger partial charge in [-0.3, -0.25) is 9.59 Å². The fraction of sp³-hybridized carbons (Fsp3) is 0.286. The molecule has 1 N–H and O–H groups in total. The number of fused-ring (bicyclic) bond motifs is 1. The van der Waals surface area contributed by atoms with E-state index in [4.69, 9.17) is 4.74 Å². The summed E-state index contributed by atoms with van der Waals surface area (Å²) in [4.78, 5) is 39.8. The Labute approximate surface area is 235 Å². The van der Waals surface area contributed by atoms with E-state index in [2.05, 4.69) is 10.4 Å². The van der Waals surface area contributed by atoms with Crippen molar-refractivity contribution in [3.63, 3.8) is 0 Å². The molecule has 10 nitrogen and oxygen atoms in total. The zero-order valence-corrected chi connectivity index (χ0v) is 23.9. The zero-order valence-electron chi connectivity index (χ0n) is 22.3. The van der Waals surface area contributed by atoms with E-state index in [1.165, 1.54) is 28.6 Å². The Balaban J connectivity index is 1.52. The van der Waals surface area contributed by atoms with Gasteiger partial charge < -0.3 is 10.1 Å². The number of anilines is 1. The van der Waals surface area contributed by atoms with Crippen molar-refractivity contribution in [2.24, 2.45) is 0 Å². The van der Waals surface area contributed by atoms with Crippen LogP contribution in [-0.4, -0.2) is 54.1 Å². The average Bonchev–Trinajstić information content (AvgIpc) is 3.63. The van der Waals surface area contributed by atoms with Gasteiger partial charge >= 0.3 is 5.97 Å². The van der Waals surface area contributed by atoms with Gasteiger partial charge in [0.15, 0.2) is 5.69 Å². The van der Waals surface area contributed by atoms with Crippen LogP contribution in [0.1, 0.15) is 51.7 Å². The standard InChI is InChI=1S/C28H28N4O6S2/c1-4-38-28(35)24-22-16-39-26(23(22)27(34)32(30-24)20-10-7-17(2)18(3)15-20)29-25(33)19-8-11-21(12-9-19)40(36,37)31-13-5-6-14-31/h7-12,15-16H,4-6,13-14H2,1-3H3,(H,29,33). The molecule has 0 bridgehead atoms. The highest BCUT2D eigenvalue weighted by molar-refractivity contribution is 7.89. The molecular weight excluding hydrogens is 552 g/mol. The number of hydrogen-bond acceptors (Lipinski definition) is 8. The number of aryl methyl sites for hydroxylation is 2. The second kappa shape index (κ2) is 11.0. The van der Waals surface area contributed by atoms with Gasteiger partial charge in [0.2, 0.25) is 10.0 Å². The number of aromatic nitrogens is 2. The number of carbonyl (C=O) groups excluding carboxylic acids is 2. The van der Waals surface area contributed by atoms with Crippen LogP contribution >= 0.6 is 11.3 Å². The van der Waals surface area contributed by atoms with Crippen molar-refractivity contribution in [1.82, 2.24) is 14.1 Å². The maximum Gasteiger partial charge on any atom is 0.359 e. The van der Waals surface area contributed by atoms with Gasteiger partial charge in [0, 0.05) is 29.4 Å². The molecule has 1 aliphatic heterocycles. The smallest absolute Gasteiger partial charge is 0.359 e. The first-order valence-electron chi connectivity index (χ1n) is 12.8. The highest BCUT2D eigenvalue weighted by Gasteiger charge is 2.28. The van der Waals surface area contributed by atoms with E-state index in [-0.39, 0.29) is 38.5 Å². The lowest BCUT2D eigenvalue weighted by molar-refractivity contribution is 0.0519. The number of amides is 1. The van der Waals surface area contributed by atoms with Gasteiger partial charge in [0.25, 0.3) is 11.5 Å². The molecule has 0 spiro atoms. The molecule has 0 aliphatic carbocycles. The number of hydrogen-bond donors (Lipinski definition) is 1. The second-order valence-corrected chi connectivity index (χ2v) is 12.3. The molecule has 0 atom stereocenters. The summed E-state index contributed by atoms with van der Waals surface area (Å²) >= 11 is 1.09. The first kappa shape index (κ1) is 27.7. The molecule has 0 unspecified atom stereocenters. The number of benzene rings is 2. The van der Waals surface area contributed by atoms with Crippen LogP contribution in [-0.2, 0) is 14.8 Å². The number of ether oxygens (including phenoxy) is 1. The van der Waals surface area contributed by atoms with Crippen molar-refractivity contribution in [2.45, 2.75) is 38.5 Å². The third kappa shape index (κ3) is 5.05. The van der Waals surface area contributed by atoms with Crippen molar-refractivity contribution < 1.29 is 22.7 Å². The molecule has 3 heterocycles. The average molecular weight is 581 g/mol. The molecule has 2 aromatic heterocycles. The fourth-order valence-electron chi connectivity index (χ4n) is 4.56. The van der Waals surface area contributed by atoms with Gasteiger partial charge in [-0.05, 0) is 81.1 Å². The Bertz CT molecular complexity index is 1790. The lowest BCUT2D eigenvalue weighted by Gasteiger charge is -2.15. The SMILES string of the molecule is CCOC(=O)c1nn(-c2ccc(C)c(C)c2)c(=O)c2c(NC(=O)c3ccc(S(=O)(=O)N4CCCC4)cc3)scc12. The summed E-state index contributed by atoms with van der Waals surface area (Å²) in [5.41, 5.74) is 2.12. The van der Waals surface area contributed by atoms with Crippen LogP contribution < -0.4 is 10.9 Å². The van der Waals surface area contributed by atoms with Gasteiger partial charge in [-0.15, -0.1) is 11.3 Å². The maximum atomic E-state index is 13.7. The summed E-state index contributed by atoms with van der Waals surface area (Å²) in [7, 11) is -3.61. The van der Waals surface area contributed by atoms with Gasteiger partial charge in [-0.25, -0.2) is 13.2 Å². The number of carbonyl (C=O) groups is 2. The summed E-state index contributed by atoms with van der Waals surface area (Å²) in [6.45, 7) is 6.63. The fourth-order valence-corrected chi connectivity index (χ4v) is 7.00. The van der Waals surface area contributed by atoms with Crippen LogP contribution in [0.4, 0.5) is 5.00 Å². The maximum absolute atomic E-state index is 13.7. The summed E-state index contributed by atoms with van der Waals surface area (Å²) in [5.74, 6) is -1.21. The third-order valence-corrected chi connectivity index (χ3v) is 9.71. The zero-order chi connectivity index (χ0) is 28.6. The Kier molecular flexibility index (Phi) is 7.58. The molecule has 208 valence electrons. The molecular formula is C28H28N4O6S2. The quantitative estimate of drug-likeness (QED) is 0.323. The topological polar surface area (TPSA) is 128 Å². The molecule has 1 fully saturated rings. The van der Waals surface area contributed by atoms with Crippen molar-refractivity contribution in [3.8, 4) is 5.69 Å². The van der Waals surface area contributed by atoms with Gasteiger partial charge in [0.05, 0.1) is 22.6 Å². The van der Waals surface area contributed by atoms with Crippen LogP contribution in [0.3, 0.4) is 0 Å². The molecule has 0 saturated carbocycles. The Hall–Kier alpha value is -3.87. The molecule has 1 saturated heterocycles. The minimum absolute atomic E-state index is 0.0390. The van der Waals surface area contributed by atoms with Gasteiger partial charge in [0.1, 0.15) is 5.00 Å². The summed E-state index contributed by atoms with van der Waals surface area (Å²) in [5, 5.41) is 9.32. The Morgan fingerprint density at radius 2 is 1.75 bits per heavy atom. The van der Waals surface area contributed by atoms with Crippen molar-refractivity contribution in [2.75, 3.05) is 25.0 Å². The molecule has 1 aliphatic rings. The van der Waals surface area contributed by atoms with Crippen molar-refractivity contribution in [1.29, 1.82) is 0 Å². The predicted octanol–water partition coefficient (Wildman–Crippen LogP) is 4.28. The highest BCUT2D eigenvalue weighted by Crippen LogP contribution is 2.31. The van der Waals surface area contributed by atoms with E-state index in [1.807, 2.05) is 19.9 Å². The lowest BCUT2D eigenvalue weighted by Crippen LogP contribution is -2.27. The second-order valence-electron chi connectivity index (χ2n) is 9.50. The predicted molar refractivity (Wildman–Crippen MR) is 153 cm³/mol. The number of nitrogens with one attached hydrogen (secondary N) is 1. The number of sulfonamides is 1. The molecule has 0 radical (unpaired) electrons. The van der Waals surface area contributed by atoms with Crippen molar-refractivity contribution in [3.05, 3.63) is 80.6 Å². The Morgan fingerprint density at radius 1 is 1.05 bits per heavy atom. The minimum atomic E-state index is -3.61. The molecule has 1 amide bonds. The van der Waals surface area contributed by atoms with E-state index in [0.29, 0.717) is 18.8 Å². The summed E-state index contributed by atoms with van der Waals surface area (Å²) < 4.78 is 33.4. The molecule has 4 aromatic rings. The largest absolute Gasteiger partial charge is 0.461 e. The normalized spacial score (nSPS) is 14.0. The first-order valence-corrected chi connectivity index (χ1v) is 15.1. The van der Waals surface area contributed by atoms with E-state index < -0.39 is 27.5 Å². The summed E-state index contributed by atoms with van der Waals surface area (Å²) in [6, 6.07) is 11.1. The van der Waals surface area contributed by atoms with E-state index >= 15 is 0 Å². The highest BCUT2D eigenvalue weighted by atomic mass is 32.2. The van der Waals surface area contributed by atoms with Gasteiger partial charge in [-0.1, -0.05) is 6.07 Å². The molecule has 12 heteroatoms. The number of nitrogens with zero attached hydrogens (tertiary/aromatic N) is 3. The number of rotatable bonds is 7. The van der Waals surface area contributed by atoms with E-state index in [0.717, 1.165) is 40.0 Å². The molecule has 2 aromatic carbocycles. The lowest BCUT2D eigenvalue weighted by atomic mass is 10.1. The van der Waals surface area contributed by atoms with Crippen molar-refractivity contribution >= 4 is 49.0 Å². The molecule has 5 rings (SSSR count). The summed E-state index contributed by atoms with van der Waals surface area (Å²) in [6.07, 6.45) is 1.65. The van der Waals surface area contributed by atoms with Crippen LogP contribution in [0.25, 0.3) is 16.5 Å². The number of thiophene rings is 1. The first-order chi connectivity index (χ1) is 19.1. The van der Waals surface area contributed by atoms with Gasteiger partial charge in [-0.2, -0.15) is 14.1 Å². The minimum Gasteiger partial charge on any atom is -0.461 e. The Morgan fingerprint density at radius 3 is 2.40 bits per heavy atom. The van der Waals surface area contributed by atoms with Crippen LogP contribution in [0, 0.1) is 13.8 Å². The van der Waals surface area contributed by atoms with Crippen LogP contribution in [0.2, 0.25) is 0 Å². The van der Waals surface area contributed by atoms with Crippen LogP contribution in [0.5, 0.6) is 0 Å². The monoisotopic (exact) mass is 580 g/mol. The van der Waals surface area contributed by atoms with E-state index in [9.17, 15) is 22.8 Å². The molecule has 40 heavy (non-hydrogen) atoms. The number of esters is 1. The van der Waals surface area contributed by atoms with E-state index in [1.54, 1.807) is 24.4 Å². The third-order valence-electron chi connectivity index (χ3n) is 6.90. The van der Waals surface area contributed by atoms with Crippen LogP contribution in [0.15, 0.2) is 57.5 Å².